The second-order valence-electron chi connectivity index (χ2n) is 4.81. The molecule has 1 aliphatic rings. The quantitative estimate of drug-likeness (QED) is 0.902. The number of amides is 1. The van der Waals surface area contributed by atoms with E-state index >= 15 is 0 Å². The highest BCUT2D eigenvalue weighted by molar-refractivity contribution is 5.95. The van der Waals surface area contributed by atoms with Crippen LogP contribution in [0.25, 0.3) is 0 Å². The number of hydrogen-bond donors (Lipinski definition) is 1. The maximum atomic E-state index is 12.3. The maximum absolute atomic E-state index is 12.3. The van der Waals surface area contributed by atoms with Crippen LogP contribution in [0.4, 0.5) is 5.69 Å². The Kier molecular flexibility index (Phi) is 4.18. The summed E-state index contributed by atoms with van der Waals surface area (Å²) in [4.78, 5) is 14.0. The van der Waals surface area contributed by atoms with Crippen LogP contribution in [0.5, 0.6) is 0 Å². The summed E-state index contributed by atoms with van der Waals surface area (Å²) in [5, 5.41) is 12.9. The van der Waals surface area contributed by atoms with Gasteiger partial charge < -0.3 is 5.32 Å². The molecule has 19 heavy (non-hydrogen) atoms. The molecule has 1 heterocycles. The van der Waals surface area contributed by atoms with Gasteiger partial charge in [0.15, 0.2) is 0 Å². The standard InChI is InChI=1S/C15H19N3O/c1-2-14(19)18(13-6-4-3-5-7-13)15(12-16)8-10-17-11-9-15/h3-7,17H,2,8-11H2,1H3. The Morgan fingerprint density at radius 1 is 1.37 bits per heavy atom. The number of carbonyl (C=O) groups is 1. The van der Waals surface area contributed by atoms with Crippen molar-refractivity contribution in [2.75, 3.05) is 18.0 Å². The van der Waals surface area contributed by atoms with Crippen LogP contribution in [0.15, 0.2) is 30.3 Å². The third kappa shape index (κ3) is 2.61. The van der Waals surface area contributed by atoms with E-state index in [9.17, 15) is 10.1 Å². The highest BCUT2D eigenvalue weighted by Gasteiger charge is 2.41. The molecule has 0 aromatic heterocycles. The molecular weight excluding hydrogens is 238 g/mol. The first-order chi connectivity index (χ1) is 9.23. The molecule has 0 radical (unpaired) electrons. The van der Waals surface area contributed by atoms with E-state index in [1.807, 2.05) is 37.3 Å². The van der Waals surface area contributed by atoms with E-state index in [4.69, 9.17) is 0 Å². The molecule has 2 rings (SSSR count). The average Bonchev–Trinajstić information content (AvgIpc) is 2.49. The average molecular weight is 257 g/mol. The first-order valence-electron chi connectivity index (χ1n) is 6.73. The monoisotopic (exact) mass is 257 g/mol. The van der Waals surface area contributed by atoms with Crippen LogP contribution in [-0.4, -0.2) is 24.5 Å². The molecule has 1 aromatic rings. The van der Waals surface area contributed by atoms with Crippen LogP contribution in [0.2, 0.25) is 0 Å². The molecule has 1 fully saturated rings. The lowest BCUT2D eigenvalue weighted by Gasteiger charge is -2.41. The molecule has 0 spiro atoms. The Bertz CT molecular complexity index is 472. The first-order valence-corrected chi connectivity index (χ1v) is 6.73. The van der Waals surface area contributed by atoms with E-state index in [0.29, 0.717) is 19.3 Å². The number of anilines is 1. The summed E-state index contributed by atoms with van der Waals surface area (Å²) in [5.74, 6) is 0.00894. The summed E-state index contributed by atoms with van der Waals surface area (Å²) in [6, 6.07) is 11.9. The Morgan fingerprint density at radius 2 is 2.00 bits per heavy atom. The highest BCUT2D eigenvalue weighted by atomic mass is 16.2. The van der Waals surface area contributed by atoms with Gasteiger partial charge in [-0.05, 0) is 38.1 Å². The molecule has 1 amide bonds. The normalized spacial score (nSPS) is 17.5. The van der Waals surface area contributed by atoms with E-state index in [2.05, 4.69) is 11.4 Å². The Hall–Kier alpha value is -1.86. The van der Waals surface area contributed by atoms with Crippen molar-refractivity contribution in [1.29, 1.82) is 5.26 Å². The third-order valence-corrected chi connectivity index (χ3v) is 3.63. The molecule has 1 N–H and O–H groups in total. The van der Waals surface area contributed by atoms with Crippen molar-refractivity contribution in [3.05, 3.63) is 30.3 Å². The van der Waals surface area contributed by atoms with Crippen LogP contribution in [-0.2, 0) is 4.79 Å². The van der Waals surface area contributed by atoms with Gasteiger partial charge >= 0.3 is 0 Å². The van der Waals surface area contributed by atoms with Crippen LogP contribution in [0, 0.1) is 11.3 Å². The van der Waals surface area contributed by atoms with E-state index in [-0.39, 0.29) is 5.91 Å². The molecule has 0 unspecified atom stereocenters. The molecule has 100 valence electrons. The molecule has 4 heteroatoms. The molecule has 4 nitrogen and oxygen atoms in total. The number of piperidine rings is 1. The van der Waals surface area contributed by atoms with Gasteiger partial charge in [-0.25, -0.2) is 0 Å². The fourth-order valence-corrected chi connectivity index (χ4v) is 2.59. The van der Waals surface area contributed by atoms with Crippen molar-refractivity contribution in [1.82, 2.24) is 5.32 Å². The van der Waals surface area contributed by atoms with Crippen molar-refractivity contribution in [3.63, 3.8) is 0 Å². The maximum Gasteiger partial charge on any atom is 0.228 e. The topological polar surface area (TPSA) is 56.1 Å². The molecular formula is C15H19N3O. The number of nitriles is 1. The second-order valence-corrected chi connectivity index (χ2v) is 4.81. The molecule has 0 aliphatic carbocycles. The zero-order valence-electron chi connectivity index (χ0n) is 11.2. The largest absolute Gasteiger partial charge is 0.316 e. The van der Waals surface area contributed by atoms with Gasteiger partial charge in [0.05, 0.1) is 6.07 Å². The fourth-order valence-electron chi connectivity index (χ4n) is 2.59. The van der Waals surface area contributed by atoms with Gasteiger partial charge in [-0.15, -0.1) is 0 Å². The van der Waals surface area contributed by atoms with Crippen LogP contribution < -0.4 is 10.2 Å². The number of nitrogens with one attached hydrogen (secondary N) is 1. The van der Waals surface area contributed by atoms with E-state index in [0.717, 1.165) is 18.8 Å². The Balaban J connectivity index is 2.43. The molecule has 0 saturated carbocycles. The van der Waals surface area contributed by atoms with Gasteiger partial charge in [0, 0.05) is 12.1 Å². The summed E-state index contributed by atoms with van der Waals surface area (Å²) >= 11 is 0. The SMILES string of the molecule is CCC(=O)N(c1ccccc1)C1(C#N)CCNCC1. The van der Waals surface area contributed by atoms with Crippen molar-refractivity contribution in [2.24, 2.45) is 0 Å². The fraction of sp³-hybridized carbons (Fsp3) is 0.467. The predicted octanol–water partition coefficient (Wildman–Crippen LogP) is 2.08. The second kappa shape index (κ2) is 5.85. The predicted molar refractivity (Wildman–Crippen MR) is 74.7 cm³/mol. The molecule has 1 aromatic carbocycles. The lowest BCUT2D eigenvalue weighted by molar-refractivity contribution is -0.119. The van der Waals surface area contributed by atoms with Gasteiger partial charge in [0.25, 0.3) is 0 Å². The number of rotatable bonds is 3. The number of para-hydroxylation sites is 1. The molecule has 1 aliphatic heterocycles. The minimum absolute atomic E-state index is 0.00894. The van der Waals surface area contributed by atoms with Crippen LogP contribution in [0.3, 0.4) is 0 Å². The summed E-state index contributed by atoms with van der Waals surface area (Å²) < 4.78 is 0. The number of hydrogen-bond acceptors (Lipinski definition) is 3. The number of nitrogens with zero attached hydrogens (tertiary/aromatic N) is 2. The summed E-state index contributed by atoms with van der Waals surface area (Å²) in [6.07, 6.45) is 1.75. The smallest absolute Gasteiger partial charge is 0.228 e. The van der Waals surface area contributed by atoms with Gasteiger partial charge in [-0.2, -0.15) is 5.26 Å². The summed E-state index contributed by atoms with van der Waals surface area (Å²) in [5.41, 5.74) is 0.109. The lowest BCUT2D eigenvalue weighted by atomic mass is 9.87. The molecule has 0 atom stereocenters. The first kappa shape index (κ1) is 13.6. The number of carbonyl (C=O) groups excluding carboxylic acids is 1. The van der Waals surface area contributed by atoms with E-state index < -0.39 is 5.54 Å². The van der Waals surface area contributed by atoms with Crippen molar-refractivity contribution >= 4 is 11.6 Å². The summed E-state index contributed by atoms with van der Waals surface area (Å²) in [7, 11) is 0. The van der Waals surface area contributed by atoms with Crippen molar-refractivity contribution in [2.45, 2.75) is 31.7 Å². The van der Waals surface area contributed by atoms with Gasteiger partial charge in [0.1, 0.15) is 5.54 Å². The Morgan fingerprint density at radius 3 is 2.53 bits per heavy atom. The zero-order valence-corrected chi connectivity index (χ0v) is 11.2. The van der Waals surface area contributed by atoms with Gasteiger partial charge in [-0.3, -0.25) is 9.69 Å². The van der Waals surface area contributed by atoms with Crippen molar-refractivity contribution in [3.8, 4) is 6.07 Å². The van der Waals surface area contributed by atoms with Crippen LogP contribution in [0.1, 0.15) is 26.2 Å². The Labute approximate surface area is 114 Å². The van der Waals surface area contributed by atoms with E-state index in [1.54, 1.807) is 4.90 Å². The highest BCUT2D eigenvalue weighted by Crippen LogP contribution is 2.31. The minimum Gasteiger partial charge on any atom is -0.316 e. The minimum atomic E-state index is -0.709. The lowest BCUT2D eigenvalue weighted by Crippen LogP contribution is -2.56. The molecule has 1 saturated heterocycles. The molecule has 0 bridgehead atoms. The zero-order chi connectivity index (χ0) is 13.7. The van der Waals surface area contributed by atoms with Crippen molar-refractivity contribution < 1.29 is 4.79 Å². The van der Waals surface area contributed by atoms with E-state index in [1.165, 1.54) is 0 Å². The number of benzene rings is 1. The summed E-state index contributed by atoms with van der Waals surface area (Å²) in [6.45, 7) is 3.38. The van der Waals surface area contributed by atoms with Gasteiger partial charge in [-0.1, -0.05) is 25.1 Å². The van der Waals surface area contributed by atoms with Gasteiger partial charge in [0.2, 0.25) is 5.91 Å². The van der Waals surface area contributed by atoms with Crippen LogP contribution >= 0.6 is 0 Å². The third-order valence-electron chi connectivity index (χ3n) is 3.63.